The molecule has 0 aliphatic rings. The SMILES string of the molecule is NC(C(=O)OCc1ccccc1)[C@](N)(C(=O)O)C(=O)OCc1ccccc1. The van der Waals surface area contributed by atoms with E-state index in [1.54, 1.807) is 60.7 Å². The molecule has 8 nitrogen and oxygen atoms in total. The summed E-state index contributed by atoms with van der Waals surface area (Å²) in [6.07, 6.45) is 0. The monoisotopic (exact) mass is 372 g/mol. The number of carboxylic acids is 1. The van der Waals surface area contributed by atoms with Crippen LogP contribution in [0.15, 0.2) is 60.7 Å². The molecule has 5 N–H and O–H groups in total. The lowest BCUT2D eigenvalue weighted by atomic mass is 9.91. The smallest absolute Gasteiger partial charge is 0.340 e. The molecule has 0 aromatic heterocycles. The molecule has 0 bridgehead atoms. The van der Waals surface area contributed by atoms with Crippen molar-refractivity contribution in [2.45, 2.75) is 24.8 Å². The van der Waals surface area contributed by atoms with Crippen molar-refractivity contribution < 1.29 is 29.0 Å². The van der Waals surface area contributed by atoms with Gasteiger partial charge in [0.2, 0.25) is 5.54 Å². The molecule has 2 aromatic carbocycles. The molecule has 0 spiro atoms. The van der Waals surface area contributed by atoms with Crippen LogP contribution in [-0.4, -0.2) is 34.6 Å². The quantitative estimate of drug-likeness (QED) is 0.451. The van der Waals surface area contributed by atoms with Gasteiger partial charge in [-0.3, -0.25) is 4.79 Å². The number of ether oxygens (including phenoxy) is 2. The van der Waals surface area contributed by atoms with E-state index < -0.39 is 29.5 Å². The van der Waals surface area contributed by atoms with Gasteiger partial charge < -0.3 is 26.0 Å². The number of esters is 2. The number of carbonyl (C=O) groups excluding carboxylic acids is 2. The number of aliphatic carboxylic acids is 1. The summed E-state index contributed by atoms with van der Waals surface area (Å²) in [4.78, 5) is 36.0. The first-order valence-corrected chi connectivity index (χ1v) is 8.05. The topological polar surface area (TPSA) is 142 Å². The fraction of sp³-hybridized carbons (Fsp3) is 0.211. The molecule has 8 heteroatoms. The fourth-order valence-corrected chi connectivity index (χ4v) is 2.19. The molecule has 0 fully saturated rings. The van der Waals surface area contributed by atoms with Crippen LogP contribution in [0.3, 0.4) is 0 Å². The van der Waals surface area contributed by atoms with Gasteiger partial charge in [0.05, 0.1) is 0 Å². The van der Waals surface area contributed by atoms with E-state index in [9.17, 15) is 19.5 Å². The van der Waals surface area contributed by atoms with E-state index in [1.165, 1.54) is 0 Å². The number of benzene rings is 2. The van der Waals surface area contributed by atoms with Crippen molar-refractivity contribution >= 4 is 17.9 Å². The van der Waals surface area contributed by atoms with Crippen LogP contribution >= 0.6 is 0 Å². The molecule has 2 atom stereocenters. The maximum Gasteiger partial charge on any atom is 0.340 e. The van der Waals surface area contributed by atoms with Crippen LogP contribution in [0.1, 0.15) is 11.1 Å². The highest BCUT2D eigenvalue weighted by molar-refractivity contribution is 6.09. The number of carbonyl (C=O) groups is 3. The molecule has 2 aromatic rings. The summed E-state index contributed by atoms with van der Waals surface area (Å²) < 4.78 is 9.94. The highest BCUT2D eigenvalue weighted by atomic mass is 16.5. The first-order valence-electron chi connectivity index (χ1n) is 8.05. The third kappa shape index (κ3) is 4.90. The Labute approximate surface area is 155 Å². The summed E-state index contributed by atoms with van der Waals surface area (Å²) in [5.74, 6) is -4.24. The van der Waals surface area contributed by atoms with Gasteiger partial charge in [-0.05, 0) is 11.1 Å². The van der Waals surface area contributed by atoms with Crippen molar-refractivity contribution in [3.8, 4) is 0 Å². The van der Waals surface area contributed by atoms with Crippen LogP contribution in [-0.2, 0) is 37.1 Å². The first kappa shape index (κ1) is 20.1. The van der Waals surface area contributed by atoms with Crippen LogP contribution in [0.5, 0.6) is 0 Å². The molecular formula is C19H20N2O6. The number of nitrogens with two attached hydrogens (primary N) is 2. The Bertz CT molecular complexity index is 796. The molecule has 27 heavy (non-hydrogen) atoms. The number of carboxylic acid groups (broad SMARTS) is 1. The maximum absolute atomic E-state index is 12.3. The minimum absolute atomic E-state index is 0.137. The second-order valence-corrected chi connectivity index (χ2v) is 5.81. The Kier molecular flexibility index (Phi) is 6.64. The Balaban J connectivity index is 2.04. The van der Waals surface area contributed by atoms with E-state index in [1.807, 2.05) is 0 Å². The van der Waals surface area contributed by atoms with Gasteiger partial charge in [0.1, 0.15) is 19.3 Å². The highest BCUT2D eigenvalue weighted by Crippen LogP contribution is 2.14. The van der Waals surface area contributed by atoms with Crippen LogP contribution < -0.4 is 11.5 Å². The largest absolute Gasteiger partial charge is 0.479 e. The highest BCUT2D eigenvalue weighted by Gasteiger charge is 2.53. The molecule has 0 aliphatic carbocycles. The fourth-order valence-electron chi connectivity index (χ4n) is 2.19. The van der Waals surface area contributed by atoms with Crippen molar-refractivity contribution in [1.82, 2.24) is 0 Å². The number of rotatable bonds is 8. The van der Waals surface area contributed by atoms with E-state index >= 15 is 0 Å². The standard InChI is InChI=1S/C19H20N2O6/c20-15(16(22)26-11-13-7-3-1-4-8-13)19(21,17(23)24)18(25)27-12-14-9-5-2-6-10-14/h1-10,15H,11-12,20-21H2,(H,23,24)/t15?,19-/m0/s1. The molecule has 0 saturated heterocycles. The first-order chi connectivity index (χ1) is 12.9. The van der Waals surface area contributed by atoms with Gasteiger partial charge in [0.25, 0.3) is 0 Å². The van der Waals surface area contributed by atoms with Crippen LogP contribution in [0.25, 0.3) is 0 Å². The minimum Gasteiger partial charge on any atom is -0.479 e. The van der Waals surface area contributed by atoms with E-state index in [-0.39, 0.29) is 13.2 Å². The molecule has 2 rings (SSSR count). The Hall–Kier alpha value is -3.23. The van der Waals surface area contributed by atoms with Gasteiger partial charge in [-0.15, -0.1) is 0 Å². The Morgan fingerprint density at radius 2 is 1.33 bits per heavy atom. The lowest BCUT2D eigenvalue weighted by Crippen LogP contribution is -2.69. The van der Waals surface area contributed by atoms with Gasteiger partial charge in [0.15, 0.2) is 0 Å². The Morgan fingerprint density at radius 3 is 1.78 bits per heavy atom. The van der Waals surface area contributed by atoms with E-state index in [2.05, 4.69) is 0 Å². The van der Waals surface area contributed by atoms with E-state index in [0.29, 0.717) is 11.1 Å². The summed E-state index contributed by atoms with van der Waals surface area (Å²) in [6, 6.07) is 15.3. The van der Waals surface area contributed by atoms with E-state index in [4.69, 9.17) is 20.9 Å². The zero-order valence-corrected chi connectivity index (χ0v) is 14.4. The molecule has 142 valence electrons. The molecule has 0 amide bonds. The predicted octanol–water partition coefficient (Wildman–Crippen LogP) is 0.583. The van der Waals surface area contributed by atoms with Crippen LogP contribution in [0.2, 0.25) is 0 Å². The minimum atomic E-state index is -2.78. The lowest BCUT2D eigenvalue weighted by Gasteiger charge is -2.27. The summed E-state index contributed by atoms with van der Waals surface area (Å²) in [5.41, 5.74) is 9.83. The normalized spacial score (nSPS) is 13.9. The van der Waals surface area contributed by atoms with Gasteiger partial charge >= 0.3 is 17.9 Å². The van der Waals surface area contributed by atoms with Gasteiger partial charge in [-0.2, -0.15) is 0 Å². The molecule has 0 aliphatic heterocycles. The van der Waals surface area contributed by atoms with Crippen molar-refractivity contribution in [1.29, 1.82) is 0 Å². The Morgan fingerprint density at radius 1 is 0.889 bits per heavy atom. The zero-order chi connectivity index (χ0) is 19.9. The molecule has 0 radical (unpaired) electrons. The van der Waals surface area contributed by atoms with Crippen molar-refractivity contribution in [2.75, 3.05) is 0 Å². The molecule has 0 saturated carbocycles. The van der Waals surface area contributed by atoms with Gasteiger partial charge in [0, 0.05) is 0 Å². The molecule has 0 heterocycles. The molecule has 1 unspecified atom stereocenters. The third-order valence-corrected chi connectivity index (χ3v) is 3.87. The number of hydrogen-bond donors (Lipinski definition) is 3. The summed E-state index contributed by atoms with van der Waals surface area (Å²) in [5, 5.41) is 9.39. The van der Waals surface area contributed by atoms with Crippen molar-refractivity contribution in [2.24, 2.45) is 11.5 Å². The summed E-state index contributed by atoms with van der Waals surface area (Å²) in [7, 11) is 0. The zero-order valence-electron chi connectivity index (χ0n) is 14.4. The van der Waals surface area contributed by atoms with Crippen LogP contribution in [0, 0.1) is 0 Å². The van der Waals surface area contributed by atoms with Gasteiger partial charge in [-0.1, -0.05) is 60.7 Å². The maximum atomic E-state index is 12.3. The van der Waals surface area contributed by atoms with E-state index in [0.717, 1.165) is 0 Å². The second-order valence-electron chi connectivity index (χ2n) is 5.81. The van der Waals surface area contributed by atoms with Crippen LogP contribution in [0.4, 0.5) is 0 Å². The third-order valence-electron chi connectivity index (χ3n) is 3.87. The molecular weight excluding hydrogens is 352 g/mol. The average Bonchev–Trinajstić information content (AvgIpc) is 2.70. The predicted molar refractivity (Wildman–Crippen MR) is 95.0 cm³/mol. The number of hydrogen-bond acceptors (Lipinski definition) is 7. The summed E-state index contributed by atoms with van der Waals surface area (Å²) in [6.45, 7) is -0.347. The lowest BCUT2D eigenvalue weighted by molar-refractivity contribution is -0.169. The average molecular weight is 372 g/mol. The van der Waals surface area contributed by atoms with Crippen molar-refractivity contribution in [3.63, 3.8) is 0 Å². The van der Waals surface area contributed by atoms with Gasteiger partial charge in [-0.25, -0.2) is 9.59 Å². The van der Waals surface area contributed by atoms with Crippen molar-refractivity contribution in [3.05, 3.63) is 71.8 Å². The summed E-state index contributed by atoms with van der Waals surface area (Å²) >= 11 is 0. The second kappa shape index (κ2) is 8.93.